The number of methoxy groups -OCH3 is 1. The van der Waals surface area contributed by atoms with Crippen LogP contribution in [0, 0.1) is 5.92 Å². The number of benzene rings is 1. The third kappa shape index (κ3) is 6.39. The molecular weight excluding hydrogens is 246 g/mol. The van der Waals surface area contributed by atoms with Gasteiger partial charge < -0.3 is 10.1 Å². The minimum absolute atomic E-state index is 0.688. The molecule has 1 rings (SSSR count). The number of hydrogen-bond donors (Lipinski definition) is 1. The summed E-state index contributed by atoms with van der Waals surface area (Å²) >= 11 is 5.90. The number of hydrogen-bond acceptors (Lipinski definition) is 2. The molecule has 2 nitrogen and oxygen atoms in total. The molecule has 1 unspecified atom stereocenters. The monoisotopic (exact) mass is 269 g/mol. The van der Waals surface area contributed by atoms with Crippen molar-refractivity contribution in [2.45, 2.75) is 26.2 Å². The fraction of sp³-hybridized carbons (Fsp3) is 0.600. The van der Waals surface area contributed by atoms with Crippen LogP contribution in [-0.2, 0) is 11.2 Å². The molecule has 0 aromatic heterocycles. The quantitative estimate of drug-likeness (QED) is 0.693. The first-order valence-corrected chi connectivity index (χ1v) is 7.08. The topological polar surface area (TPSA) is 21.3 Å². The highest BCUT2D eigenvalue weighted by molar-refractivity contribution is 6.30. The van der Waals surface area contributed by atoms with Gasteiger partial charge in [0.05, 0.1) is 6.61 Å². The molecule has 0 saturated heterocycles. The molecule has 0 heterocycles. The molecule has 0 bridgehead atoms. The lowest BCUT2D eigenvalue weighted by Crippen LogP contribution is -2.27. The highest BCUT2D eigenvalue weighted by atomic mass is 35.5. The van der Waals surface area contributed by atoms with Crippen LogP contribution in [0.2, 0.25) is 5.02 Å². The summed E-state index contributed by atoms with van der Waals surface area (Å²) in [4.78, 5) is 0. The SMILES string of the molecule is CCCC(CNCCOC)Cc1ccc(Cl)cc1. The van der Waals surface area contributed by atoms with Gasteiger partial charge in [0, 0.05) is 18.7 Å². The van der Waals surface area contributed by atoms with Gasteiger partial charge in [-0.2, -0.15) is 0 Å². The van der Waals surface area contributed by atoms with Crippen LogP contribution in [-0.4, -0.2) is 26.8 Å². The van der Waals surface area contributed by atoms with Crippen molar-refractivity contribution in [2.75, 3.05) is 26.8 Å². The molecule has 1 aromatic carbocycles. The number of halogens is 1. The summed E-state index contributed by atoms with van der Waals surface area (Å²) < 4.78 is 5.04. The minimum Gasteiger partial charge on any atom is -0.383 e. The van der Waals surface area contributed by atoms with E-state index in [0.29, 0.717) is 5.92 Å². The van der Waals surface area contributed by atoms with E-state index < -0.39 is 0 Å². The summed E-state index contributed by atoms with van der Waals surface area (Å²) in [6.07, 6.45) is 3.60. The maximum atomic E-state index is 5.90. The van der Waals surface area contributed by atoms with Crippen LogP contribution in [0.5, 0.6) is 0 Å². The van der Waals surface area contributed by atoms with Crippen molar-refractivity contribution in [1.29, 1.82) is 0 Å². The fourth-order valence-electron chi connectivity index (χ4n) is 2.12. The van der Waals surface area contributed by atoms with E-state index in [1.807, 2.05) is 12.1 Å². The Labute approximate surface area is 116 Å². The first-order chi connectivity index (χ1) is 8.76. The molecule has 0 saturated carbocycles. The Morgan fingerprint density at radius 1 is 1.28 bits per heavy atom. The standard InChI is InChI=1S/C15H24ClNO/c1-3-4-14(12-17-9-10-18-2)11-13-5-7-15(16)8-6-13/h5-8,14,17H,3-4,9-12H2,1-2H3. The van der Waals surface area contributed by atoms with E-state index in [2.05, 4.69) is 24.4 Å². The van der Waals surface area contributed by atoms with Gasteiger partial charge in [0.25, 0.3) is 0 Å². The molecule has 1 N–H and O–H groups in total. The Morgan fingerprint density at radius 3 is 2.61 bits per heavy atom. The number of rotatable bonds is 9. The Hall–Kier alpha value is -0.570. The summed E-state index contributed by atoms with van der Waals surface area (Å²) in [6.45, 7) is 5.00. The summed E-state index contributed by atoms with van der Waals surface area (Å²) in [6, 6.07) is 8.19. The van der Waals surface area contributed by atoms with E-state index in [9.17, 15) is 0 Å². The molecule has 0 aliphatic heterocycles. The van der Waals surface area contributed by atoms with Gasteiger partial charge in [-0.15, -0.1) is 0 Å². The van der Waals surface area contributed by atoms with Crippen molar-refractivity contribution in [3.05, 3.63) is 34.9 Å². The molecule has 102 valence electrons. The fourth-order valence-corrected chi connectivity index (χ4v) is 2.24. The molecule has 1 atom stereocenters. The highest BCUT2D eigenvalue weighted by Crippen LogP contribution is 2.16. The second-order valence-corrected chi connectivity index (χ2v) is 5.12. The first kappa shape index (κ1) is 15.5. The first-order valence-electron chi connectivity index (χ1n) is 6.70. The van der Waals surface area contributed by atoms with Crippen molar-refractivity contribution >= 4 is 11.6 Å². The van der Waals surface area contributed by atoms with Crippen LogP contribution in [0.1, 0.15) is 25.3 Å². The van der Waals surface area contributed by atoms with E-state index in [1.165, 1.54) is 18.4 Å². The second-order valence-electron chi connectivity index (χ2n) is 4.68. The lowest BCUT2D eigenvalue weighted by molar-refractivity contribution is 0.197. The van der Waals surface area contributed by atoms with Crippen molar-refractivity contribution in [3.8, 4) is 0 Å². The predicted octanol–water partition coefficient (Wildman–Crippen LogP) is 3.53. The van der Waals surface area contributed by atoms with E-state index in [4.69, 9.17) is 16.3 Å². The number of ether oxygens (including phenoxy) is 1. The van der Waals surface area contributed by atoms with Gasteiger partial charge in [0.2, 0.25) is 0 Å². The van der Waals surface area contributed by atoms with Gasteiger partial charge in [-0.1, -0.05) is 37.1 Å². The summed E-state index contributed by atoms with van der Waals surface area (Å²) in [5, 5.41) is 4.26. The molecule has 0 aliphatic rings. The number of nitrogens with one attached hydrogen (secondary N) is 1. The maximum Gasteiger partial charge on any atom is 0.0587 e. The van der Waals surface area contributed by atoms with E-state index in [0.717, 1.165) is 31.1 Å². The van der Waals surface area contributed by atoms with Crippen molar-refractivity contribution in [2.24, 2.45) is 5.92 Å². The van der Waals surface area contributed by atoms with E-state index in [1.54, 1.807) is 7.11 Å². The molecule has 0 radical (unpaired) electrons. The van der Waals surface area contributed by atoms with Gasteiger partial charge in [0.1, 0.15) is 0 Å². The molecule has 0 amide bonds. The van der Waals surface area contributed by atoms with Crippen LogP contribution >= 0.6 is 11.6 Å². The zero-order valence-corrected chi connectivity index (χ0v) is 12.2. The van der Waals surface area contributed by atoms with Gasteiger partial charge in [0.15, 0.2) is 0 Å². The molecule has 3 heteroatoms. The molecule has 18 heavy (non-hydrogen) atoms. The summed E-state index contributed by atoms with van der Waals surface area (Å²) in [5.74, 6) is 0.688. The second kappa shape index (κ2) is 9.37. The third-order valence-corrected chi connectivity index (χ3v) is 3.30. The zero-order chi connectivity index (χ0) is 13.2. The lowest BCUT2D eigenvalue weighted by Gasteiger charge is -2.17. The van der Waals surface area contributed by atoms with Crippen molar-refractivity contribution in [1.82, 2.24) is 5.32 Å². The Balaban J connectivity index is 2.38. The predicted molar refractivity (Wildman–Crippen MR) is 78.3 cm³/mol. The Morgan fingerprint density at radius 2 is 2.00 bits per heavy atom. The summed E-state index contributed by atoms with van der Waals surface area (Å²) in [5.41, 5.74) is 1.37. The molecular formula is C15H24ClNO. The normalized spacial score (nSPS) is 12.6. The van der Waals surface area contributed by atoms with Crippen molar-refractivity contribution in [3.63, 3.8) is 0 Å². The molecule has 0 fully saturated rings. The minimum atomic E-state index is 0.688. The largest absolute Gasteiger partial charge is 0.383 e. The average Bonchev–Trinajstić information content (AvgIpc) is 2.37. The molecule has 0 aliphatic carbocycles. The maximum absolute atomic E-state index is 5.90. The smallest absolute Gasteiger partial charge is 0.0587 e. The van der Waals surface area contributed by atoms with Gasteiger partial charge in [-0.25, -0.2) is 0 Å². The van der Waals surface area contributed by atoms with Crippen LogP contribution in [0.4, 0.5) is 0 Å². The van der Waals surface area contributed by atoms with Crippen LogP contribution in [0.25, 0.3) is 0 Å². The molecule has 1 aromatic rings. The third-order valence-electron chi connectivity index (χ3n) is 3.05. The average molecular weight is 270 g/mol. The van der Waals surface area contributed by atoms with E-state index in [-0.39, 0.29) is 0 Å². The van der Waals surface area contributed by atoms with E-state index >= 15 is 0 Å². The lowest BCUT2D eigenvalue weighted by atomic mass is 9.95. The van der Waals surface area contributed by atoms with Crippen LogP contribution in [0.3, 0.4) is 0 Å². The summed E-state index contributed by atoms with van der Waals surface area (Å²) in [7, 11) is 1.74. The zero-order valence-electron chi connectivity index (χ0n) is 11.4. The van der Waals surface area contributed by atoms with Crippen LogP contribution in [0.15, 0.2) is 24.3 Å². The highest BCUT2D eigenvalue weighted by Gasteiger charge is 2.08. The van der Waals surface area contributed by atoms with Gasteiger partial charge >= 0.3 is 0 Å². The van der Waals surface area contributed by atoms with Gasteiger partial charge in [-0.3, -0.25) is 0 Å². The van der Waals surface area contributed by atoms with Crippen LogP contribution < -0.4 is 5.32 Å². The van der Waals surface area contributed by atoms with Crippen molar-refractivity contribution < 1.29 is 4.74 Å². The Kier molecular flexibility index (Phi) is 8.06. The van der Waals surface area contributed by atoms with Gasteiger partial charge in [-0.05, 0) is 43.0 Å². The molecule has 0 spiro atoms. The Bertz CT molecular complexity index is 313.